The molecule has 0 saturated carbocycles. The number of hydrogen-bond donors (Lipinski definition) is 0. The first-order valence-corrected chi connectivity index (χ1v) is 9.98. The number of carbonyl (C=O) groups excluding carboxylic acids is 2. The van der Waals surface area contributed by atoms with Crippen molar-refractivity contribution >= 4 is 29.0 Å². The number of carbonyl (C=O) groups is 2. The molecule has 1 aliphatic carbocycles. The van der Waals surface area contributed by atoms with Crippen molar-refractivity contribution in [3.63, 3.8) is 0 Å². The zero-order chi connectivity index (χ0) is 20.5. The minimum absolute atomic E-state index is 0.0596. The summed E-state index contributed by atoms with van der Waals surface area (Å²) in [5.74, 6) is 0.975. The molecule has 0 saturated heterocycles. The molecular formula is C23H22ClNO4. The highest BCUT2D eigenvalue weighted by Gasteiger charge is 2.40. The van der Waals surface area contributed by atoms with Gasteiger partial charge in [-0.2, -0.15) is 0 Å². The second-order valence-electron chi connectivity index (χ2n) is 7.21. The maximum atomic E-state index is 13.3. The predicted octanol–water partition coefficient (Wildman–Crippen LogP) is 4.88. The Morgan fingerprint density at radius 3 is 2.59 bits per heavy atom. The molecule has 0 spiro atoms. The van der Waals surface area contributed by atoms with Crippen LogP contribution in [-0.2, 0) is 9.59 Å². The van der Waals surface area contributed by atoms with Crippen LogP contribution >= 0.6 is 11.6 Å². The molecule has 0 N–H and O–H groups in total. The number of methoxy groups -OCH3 is 2. The fraction of sp³-hybridized carbons (Fsp3) is 0.304. The lowest BCUT2D eigenvalue weighted by molar-refractivity contribution is -0.119. The van der Waals surface area contributed by atoms with Crippen LogP contribution < -0.4 is 14.4 Å². The third kappa shape index (κ3) is 3.51. The highest BCUT2D eigenvalue weighted by atomic mass is 35.5. The molecule has 5 nitrogen and oxygen atoms in total. The van der Waals surface area contributed by atoms with Crippen LogP contribution in [0.1, 0.15) is 37.2 Å². The SMILES string of the molecule is COc1ccc(OC)c(C2CC(=O)N(c3cccc(Cl)c3)C3=C2C(=O)CCC3)c1. The van der Waals surface area contributed by atoms with Crippen molar-refractivity contribution < 1.29 is 19.1 Å². The van der Waals surface area contributed by atoms with Gasteiger partial charge in [0.25, 0.3) is 0 Å². The van der Waals surface area contributed by atoms with E-state index in [1.807, 2.05) is 30.3 Å². The number of Topliss-reactive ketones (excluding diaryl/α,β-unsaturated/α-hetero) is 1. The molecule has 2 aliphatic rings. The van der Waals surface area contributed by atoms with E-state index in [0.717, 1.165) is 17.7 Å². The van der Waals surface area contributed by atoms with Crippen LogP contribution in [0.15, 0.2) is 53.7 Å². The third-order valence-corrected chi connectivity index (χ3v) is 5.79. The number of ketones is 1. The lowest BCUT2D eigenvalue weighted by Crippen LogP contribution is -2.40. The molecule has 0 radical (unpaired) electrons. The van der Waals surface area contributed by atoms with Gasteiger partial charge in [-0.25, -0.2) is 0 Å². The molecule has 0 aromatic heterocycles. The summed E-state index contributed by atoms with van der Waals surface area (Å²) < 4.78 is 10.9. The summed E-state index contributed by atoms with van der Waals surface area (Å²) in [6.07, 6.45) is 2.06. The molecular weight excluding hydrogens is 390 g/mol. The summed E-state index contributed by atoms with van der Waals surface area (Å²) in [4.78, 5) is 28.0. The van der Waals surface area contributed by atoms with Gasteiger partial charge in [-0.1, -0.05) is 17.7 Å². The van der Waals surface area contributed by atoms with Crippen molar-refractivity contribution in [1.29, 1.82) is 0 Å². The zero-order valence-electron chi connectivity index (χ0n) is 16.4. The fourth-order valence-electron chi connectivity index (χ4n) is 4.29. The third-order valence-electron chi connectivity index (χ3n) is 5.55. The number of allylic oxidation sites excluding steroid dienone is 2. The van der Waals surface area contributed by atoms with Gasteiger partial charge >= 0.3 is 0 Å². The maximum Gasteiger partial charge on any atom is 0.232 e. The molecule has 2 aromatic rings. The van der Waals surface area contributed by atoms with Crippen LogP contribution in [0, 0.1) is 0 Å². The first-order chi connectivity index (χ1) is 14.0. The number of rotatable bonds is 4. The Bertz CT molecular complexity index is 1010. The van der Waals surface area contributed by atoms with E-state index in [4.69, 9.17) is 21.1 Å². The molecule has 1 unspecified atom stereocenters. The van der Waals surface area contributed by atoms with E-state index in [0.29, 0.717) is 40.6 Å². The van der Waals surface area contributed by atoms with Gasteiger partial charge < -0.3 is 9.47 Å². The highest BCUT2D eigenvalue weighted by Crippen LogP contribution is 2.46. The van der Waals surface area contributed by atoms with E-state index in [1.165, 1.54) is 0 Å². The molecule has 4 rings (SSSR count). The molecule has 1 aliphatic heterocycles. The summed E-state index contributed by atoms with van der Waals surface area (Å²) in [7, 11) is 3.18. The van der Waals surface area contributed by atoms with Gasteiger partial charge in [0.05, 0.1) is 19.9 Å². The standard InChI is InChI=1S/C23H22ClNO4/c1-28-16-9-10-21(29-2)17(12-16)18-13-22(27)25(15-6-3-5-14(24)11-15)19-7-4-8-20(26)23(18)19/h3,5-6,9-12,18H,4,7-8,13H2,1-2H3. The number of anilines is 1. The number of benzene rings is 2. The van der Waals surface area contributed by atoms with Crippen LogP contribution in [0.3, 0.4) is 0 Å². The smallest absolute Gasteiger partial charge is 0.232 e. The molecule has 1 heterocycles. The van der Waals surface area contributed by atoms with Crippen molar-refractivity contribution in [3.05, 3.63) is 64.3 Å². The van der Waals surface area contributed by atoms with Crippen LogP contribution in [0.4, 0.5) is 5.69 Å². The molecule has 6 heteroatoms. The van der Waals surface area contributed by atoms with Gasteiger partial charge in [-0.15, -0.1) is 0 Å². The summed E-state index contributed by atoms with van der Waals surface area (Å²) in [6, 6.07) is 12.7. The quantitative estimate of drug-likeness (QED) is 0.719. The second-order valence-corrected chi connectivity index (χ2v) is 7.65. The number of ether oxygens (including phenoxy) is 2. The Labute approximate surface area is 174 Å². The molecule has 150 valence electrons. The number of hydrogen-bond acceptors (Lipinski definition) is 4. The molecule has 2 aromatic carbocycles. The Morgan fingerprint density at radius 1 is 1.03 bits per heavy atom. The van der Waals surface area contributed by atoms with E-state index in [9.17, 15) is 9.59 Å². The van der Waals surface area contributed by atoms with Gasteiger partial charge in [-0.05, 0) is 49.2 Å². The average Bonchev–Trinajstić information content (AvgIpc) is 2.72. The van der Waals surface area contributed by atoms with E-state index >= 15 is 0 Å². The number of amides is 1. The highest BCUT2D eigenvalue weighted by molar-refractivity contribution is 6.31. The lowest BCUT2D eigenvalue weighted by Gasteiger charge is -2.38. The topological polar surface area (TPSA) is 55.8 Å². The molecule has 1 amide bonds. The lowest BCUT2D eigenvalue weighted by atomic mass is 9.76. The number of nitrogens with zero attached hydrogens (tertiary/aromatic N) is 1. The molecule has 29 heavy (non-hydrogen) atoms. The largest absolute Gasteiger partial charge is 0.497 e. The number of halogens is 1. The Kier molecular flexibility index (Phi) is 5.33. The maximum absolute atomic E-state index is 13.3. The van der Waals surface area contributed by atoms with E-state index in [1.54, 1.807) is 31.3 Å². The normalized spacial score (nSPS) is 19.3. The van der Waals surface area contributed by atoms with Crippen molar-refractivity contribution in [2.45, 2.75) is 31.6 Å². The summed E-state index contributed by atoms with van der Waals surface area (Å²) >= 11 is 6.16. The molecule has 0 fully saturated rings. The van der Waals surface area contributed by atoms with Crippen LogP contribution in [-0.4, -0.2) is 25.9 Å². The van der Waals surface area contributed by atoms with Gasteiger partial charge in [0, 0.05) is 40.6 Å². The second kappa shape index (κ2) is 7.91. The minimum atomic E-state index is -0.356. The average molecular weight is 412 g/mol. The molecule has 0 bridgehead atoms. The van der Waals surface area contributed by atoms with E-state index in [-0.39, 0.29) is 24.0 Å². The Hall–Kier alpha value is -2.79. The van der Waals surface area contributed by atoms with E-state index in [2.05, 4.69) is 0 Å². The Balaban J connectivity index is 1.89. The van der Waals surface area contributed by atoms with Crippen LogP contribution in [0.2, 0.25) is 5.02 Å². The predicted molar refractivity (Wildman–Crippen MR) is 112 cm³/mol. The fourth-order valence-corrected chi connectivity index (χ4v) is 4.47. The first kappa shape index (κ1) is 19.5. The first-order valence-electron chi connectivity index (χ1n) is 9.60. The van der Waals surface area contributed by atoms with Crippen molar-refractivity contribution in [1.82, 2.24) is 0 Å². The van der Waals surface area contributed by atoms with E-state index < -0.39 is 0 Å². The van der Waals surface area contributed by atoms with Crippen LogP contribution in [0.5, 0.6) is 11.5 Å². The summed E-state index contributed by atoms with van der Waals surface area (Å²) in [6.45, 7) is 0. The van der Waals surface area contributed by atoms with Gasteiger partial charge in [0.1, 0.15) is 11.5 Å². The van der Waals surface area contributed by atoms with Crippen molar-refractivity contribution in [3.8, 4) is 11.5 Å². The van der Waals surface area contributed by atoms with Crippen molar-refractivity contribution in [2.75, 3.05) is 19.1 Å². The van der Waals surface area contributed by atoms with Crippen molar-refractivity contribution in [2.24, 2.45) is 0 Å². The van der Waals surface area contributed by atoms with Gasteiger partial charge in [-0.3, -0.25) is 14.5 Å². The van der Waals surface area contributed by atoms with Crippen LogP contribution in [0.25, 0.3) is 0 Å². The Morgan fingerprint density at radius 2 is 1.86 bits per heavy atom. The zero-order valence-corrected chi connectivity index (χ0v) is 17.2. The monoisotopic (exact) mass is 411 g/mol. The summed E-state index contributed by atoms with van der Waals surface area (Å²) in [5, 5.41) is 0.552. The van der Waals surface area contributed by atoms with Gasteiger partial charge in [0.15, 0.2) is 5.78 Å². The molecule has 1 atom stereocenters. The summed E-state index contributed by atoms with van der Waals surface area (Å²) in [5.41, 5.74) is 2.96. The minimum Gasteiger partial charge on any atom is -0.497 e. The van der Waals surface area contributed by atoms with Gasteiger partial charge in [0.2, 0.25) is 5.91 Å².